The van der Waals surface area contributed by atoms with Gasteiger partial charge in [0.05, 0.1) is 36.2 Å². The average molecular weight is 247 g/mol. The summed E-state index contributed by atoms with van der Waals surface area (Å²) in [6.07, 6.45) is 1.73. The number of anilines is 1. The summed E-state index contributed by atoms with van der Waals surface area (Å²) >= 11 is 0. The standard InChI is InChI=1S/C14H21N3O/c1-11(2)10-17(8-4-7-15)13-5-6-14(12(3)18)16-9-13/h5-6,9,11-12,18H,4,8,10H2,1-3H3. The summed E-state index contributed by atoms with van der Waals surface area (Å²) in [5.41, 5.74) is 1.67. The van der Waals surface area contributed by atoms with E-state index in [1.54, 1.807) is 13.1 Å². The highest BCUT2D eigenvalue weighted by Crippen LogP contribution is 2.17. The van der Waals surface area contributed by atoms with Crippen LogP contribution < -0.4 is 4.90 Å². The minimum atomic E-state index is -0.545. The van der Waals surface area contributed by atoms with Crippen molar-refractivity contribution in [2.75, 3.05) is 18.0 Å². The van der Waals surface area contributed by atoms with Gasteiger partial charge in [-0.2, -0.15) is 5.26 Å². The van der Waals surface area contributed by atoms with E-state index in [0.717, 1.165) is 12.2 Å². The zero-order valence-corrected chi connectivity index (χ0v) is 11.3. The molecule has 0 aromatic carbocycles. The maximum absolute atomic E-state index is 9.42. The molecule has 0 spiro atoms. The molecule has 1 atom stereocenters. The third-order valence-corrected chi connectivity index (χ3v) is 2.64. The van der Waals surface area contributed by atoms with E-state index in [9.17, 15) is 5.11 Å². The molecule has 0 fully saturated rings. The monoisotopic (exact) mass is 247 g/mol. The fourth-order valence-corrected chi connectivity index (χ4v) is 1.78. The Balaban J connectivity index is 2.81. The smallest absolute Gasteiger partial charge is 0.0931 e. The normalized spacial score (nSPS) is 12.2. The molecule has 0 aliphatic carbocycles. The Labute approximate surface area is 109 Å². The summed E-state index contributed by atoms with van der Waals surface area (Å²) in [4.78, 5) is 6.40. The molecular weight excluding hydrogens is 226 g/mol. The van der Waals surface area contributed by atoms with Crippen molar-refractivity contribution in [2.45, 2.75) is 33.3 Å². The van der Waals surface area contributed by atoms with Crippen LogP contribution >= 0.6 is 0 Å². The number of aliphatic hydroxyl groups excluding tert-OH is 1. The molecule has 0 radical (unpaired) electrons. The van der Waals surface area contributed by atoms with Crippen molar-refractivity contribution in [3.63, 3.8) is 0 Å². The second kappa shape index (κ2) is 6.97. The van der Waals surface area contributed by atoms with Crippen LogP contribution in [0.5, 0.6) is 0 Å². The topological polar surface area (TPSA) is 60.2 Å². The number of nitriles is 1. The van der Waals surface area contributed by atoms with Crippen LogP contribution in [0.2, 0.25) is 0 Å². The van der Waals surface area contributed by atoms with Crippen LogP contribution in [0.4, 0.5) is 5.69 Å². The van der Waals surface area contributed by atoms with Gasteiger partial charge in [-0.05, 0) is 25.0 Å². The minimum absolute atomic E-state index is 0.505. The van der Waals surface area contributed by atoms with Crippen LogP contribution in [0, 0.1) is 17.2 Å². The molecule has 4 heteroatoms. The van der Waals surface area contributed by atoms with Gasteiger partial charge in [0.2, 0.25) is 0 Å². The molecule has 1 rings (SSSR count). The fraction of sp³-hybridized carbons (Fsp3) is 0.571. The van der Waals surface area contributed by atoms with E-state index in [0.29, 0.717) is 24.6 Å². The van der Waals surface area contributed by atoms with Crippen LogP contribution in [0.15, 0.2) is 18.3 Å². The van der Waals surface area contributed by atoms with Crippen molar-refractivity contribution in [2.24, 2.45) is 5.92 Å². The molecule has 18 heavy (non-hydrogen) atoms. The molecular formula is C14H21N3O. The quantitative estimate of drug-likeness (QED) is 0.839. The number of hydrogen-bond donors (Lipinski definition) is 1. The van der Waals surface area contributed by atoms with E-state index < -0.39 is 6.10 Å². The highest BCUT2D eigenvalue weighted by molar-refractivity contribution is 5.44. The predicted octanol–water partition coefficient (Wildman–Crippen LogP) is 2.51. The van der Waals surface area contributed by atoms with E-state index in [4.69, 9.17) is 5.26 Å². The van der Waals surface area contributed by atoms with Crippen LogP contribution in [0.1, 0.15) is 39.0 Å². The zero-order chi connectivity index (χ0) is 13.5. The van der Waals surface area contributed by atoms with E-state index in [-0.39, 0.29) is 0 Å². The van der Waals surface area contributed by atoms with E-state index in [1.807, 2.05) is 12.1 Å². The number of nitrogens with zero attached hydrogens (tertiary/aromatic N) is 3. The number of rotatable bonds is 6. The molecule has 1 unspecified atom stereocenters. The summed E-state index contributed by atoms with van der Waals surface area (Å²) in [5, 5.41) is 18.1. The van der Waals surface area contributed by atoms with E-state index in [1.165, 1.54) is 0 Å². The maximum Gasteiger partial charge on any atom is 0.0931 e. The lowest BCUT2D eigenvalue weighted by molar-refractivity contribution is 0.194. The van der Waals surface area contributed by atoms with Gasteiger partial charge in [-0.1, -0.05) is 13.8 Å². The molecule has 0 bridgehead atoms. The van der Waals surface area contributed by atoms with Gasteiger partial charge in [-0.3, -0.25) is 4.98 Å². The Morgan fingerprint density at radius 1 is 1.39 bits per heavy atom. The third-order valence-electron chi connectivity index (χ3n) is 2.64. The predicted molar refractivity (Wildman–Crippen MR) is 72.2 cm³/mol. The molecule has 1 heterocycles. The molecule has 0 aliphatic rings. The maximum atomic E-state index is 9.42. The van der Waals surface area contributed by atoms with Gasteiger partial charge < -0.3 is 10.0 Å². The molecule has 98 valence electrons. The van der Waals surface area contributed by atoms with Crippen LogP contribution in [0.25, 0.3) is 0 Å². The minimum Gasteiger partial charge on any atom is -0.387 e. The molecule has 0 amide bonds. The van der Waals surface area contributed by atoms with Crippen LogP contribution in [0.3, 0.4) is 0 Å². The van der Waals surface area contributed by atoms with E-state index in [2.05, 4.69) is 29.8 Å². The Morgan fingerprint density at radius 2 is 2.11 bits per heavy atom. The van der Waals surface area contributed by atoms with Crippen molar-refractivity contribution in [1.82, 2.24) is 4.98 Å². The molecule has 0 saturated heterocycles. The Kier molecular flexibility index (Phi) is 5.60. The van der Waals surface area contributed by atoms with E-state index >= 15 is 0 Å². The lowest BCUT2D eigenvalue weighted by Crippen LogP contribution is -2.28. The molecule has 1 N–H and O–H groups in total. The molecule has 0 aliphatic heterocycles. The van der Waals surface area contributed by atoms with Gasteiger partial charge in [0.1, 0.15) is 0 Å². The first kappa shape index (κ1) is 14.5. The molecule has 1 aromatic heterocycles. The van der Waals surface area contributed by atoms with Crippen molar-refractivity contribution >= 4 is 5.69 Å². The van der Waals surface area contributed by atoms with Gasteiger partial charge in [0, 0.05) is 13.1 Å². The SMILES string of the molecule is CC(C)CN(CCC#N)c1ccc(C(C)O)nc1. The van der Waals surface area contributed by atoms with Gasteiger partial charge in [-0.15, -0.1) is 0 Å². The number of pyridine rings is 1. The zero-order valence-electron chi connectivity index (χ0n) is 11.3. The van der Waals surface area contributed by atoms with Crippen molar-refractivity contribution in [3.05, 3.63) is 24.0 Å². The first-order valence-corrected chi connectivity index (χ1v) is 6.30. The third kappa shape index (κ3) is 4.34. The highest BCUT2D eigenvalue weighted by atomic mass is 16.3. The van der Waals surface area contributed by atoms with Crippen molar-refractivity contribution in [3.8, 4) is 6.07 Å². The summed E-state index contributed by atoms with van der Waals surface area (Å²) < 4.78 is 0. The van der Waals surface area contributed by atoms with Gasteiger partial charge in [0.15, 0.2) is 0 Å². The van der Waals surface area contributed by atoms with Crippen molar-refractivity contribution < 1.29 is 5.11 Å². The summed E-state index contributed by atoms with van der Waals surface area (Å²) in [7, 11) is 0. The second-order valence-corrected chi connectivity index (χ2v) is 4.87. The first-order valence-electron chi connectivity index (χ1n) is 6.30. The lowest BCUT2D eigenvalue weighted by atomic mass is 10.2. The summed E-state index contributed by atoms with van der Waals surface area (Å²) in [5.74, 6) is 0.528. The second-order valence-electron chi connectivity index (χ2n) is 4.87. The summed E-state index contributed by atoms with van der Waals surface area (Å²) in [6.45, 7) is 7.61. The van der Waals surface area contributed by atoms with Gasteiger partial charge in [0.25, 0.3) is 0 Å². The van der Waals surface area contributed by atoms with Crippen LogP contribution in [-0.4, -0.2) is 23.2 Å². The molecule has 0 saturated carbocycles. The number of aromatic nitrogens is 1. The summed E-state index contributed by atoms with van der Waals surface area (Å²) in [6, 6.07) is 5.95. The Bertz CT molecular complexity index is 392. The number of aliphatic hydroxyl groups is 1. The molecule has 1 aromatic rings. The van der Waals surface area contributed by atoms with Gasteiger partial charge >= 0.3 is 0 Å². The van der Waals surface area contributed by atoms with Crippen LogP contribution in [-0.2, 0) is 0 Å². The first-order chi connectivity index (χ1) is 8.54. The number of hydrogen-bond acceptors (Lipinski definition) is 4. The van der Waals surface area contributed by atoms with Crippen molar-refractivity contribution in [1.29, 1.82) is 5.26 Å². The largest absolute Gasteiger partial charge is 0.387 e. The lowest BCUT2D eigenvalue weighted by Gasteiger charge is -2.25. The van der Waals surface area contributed by atoms with Gasteiger partial charge in [-0.25, -0.2) is 0 Å². The highest BCUT2D eigenvalue weighted by Gasteiger charge is 2.10. The Morgan fingerprint density at radius 3 is 2.56 bits per heavy atom. The average Bonchev–Trinajstić information content (AvgIpc) is 2.34. The Hall–Kier alpha value is -1.60. The molecule has 4 nitrogen and oxygen atoms in total. The fourth-order valence-electron chi connectivity index (χ4n) is 1.78.